The Morgan fingerprint density at radius 3 is 2.16 bits per heavy atom. The number of hydrogen-bond acceptors (Lipinski definition) is 3. The lowest BCUT2D eigenvalue weighted by atomic mass is 9.75. The number of nitrogens with one attached hydrogen (secondary N) is 1. The molecule has 5 heteroatoms. The molecule has 1 aliphatic rings. The first kappa shape index (κ1) is 21.8. The zero-order chi connectivity index (χ0) is 22.6. The lowest BCUT2D eigenvalue weighted by molar-refractivity contribution is -0.136. The third kappa shape index (κ3) is 4.28. The van der Waals surface area contributed by atoms with Gasteiger partial charge in [-0.1, -0.05) is 66.7 Å². The third-order valence-electron chi connectivity index (χ3n) is 6.37. The van der Waals surface area contributed by atoms with E-state index in [4.69, 9.17) is 0 Å². The van der Waals surface area contributed by atoms with Crippen LogP contribution >= 0.6 is 0 Å². The molecule has 32 heavy (non-hydrogen) atoms. The molecule has 1 saturated heterocycles. The summed E-state index contributed by atoms with van der Waals surface area (Å²) < 4.78 is 0. The van der Waals surface area contributed by atoms with Crippen LogP contribution in [0.25, 0.3) is 0 Å². The first-order valence-electron chi connectivity index (χ1n) is 11.1. The standard InChI is InChI=1S/C27H29N3O2/c1-20(31)28-18-21-15-16-24(29-19-21)25-14-9-17-30(25)26(32)27(2,22-10-5-3-6-11-22)23-12-7-4-8-13-23/h3-8,10-13,15-16,19,25H,9,14,17-18H2,1-2H3,(H,28,31)/t25-/m0/s1. The average molecular weight is 428 g/mol. The molecular formula is C27H29N3O2. The largest absolute Gasteiger partial charge is 0.352 e. The van der Waals surface area contributed by atoms with Crippen molar-refractivity contribution in [2.75, 3.05) is 6.54 Å². The number of amides is 2. The van der Waals surface area contributed by atoms with E-state index < -0.39 is 5.41 Å². The Labute approximate surface area is 189 Å². The number of nitrogens with zero attached hydrogens (tertiary/aromatic N) is 2. The number of benzene rings is 2. The number of aromatic nitrogens is 1. The van der Waals surface area contributed by atoms with Crippen molar-refractivity contribution in [3.63, 3.8) is 0 Å². The minimum Gasteiger partial charge on any atom is -0.352 e. The van der Waals surface area contributed by atoms with Gasteiger partial charge in [0.15, 0.2) is 0 Å². The molecule has 2 aromatic carbocycles. The van der Waals surface area contributed by atoms with Gasteiger partial charge in [-0.2, -0.15) is 0 Å². The van der Waals surface area contributed by atoms with E-state index in [9.17, 15) is 9.59 Å². The average Bonchev–Trinajstić information content (AvgIpc) is 3.33. The Hall–Kier alpha value is -3.47. The van der Waals surface area contributed by atoms with Crippen LogP contribution in [0.15, 0.2) is 79.0 Å². The quantitative estimate of drug-likeness (QED) is 0.635. The predicted octanol–water partition coefficient (Wildman–Crippen LogP) is 4.39. The topological polar surface area (TPSA) is 62.3 Å². The lowest BCUT2D eigenvalue weighted by Gasteiger charge is -2.36. The molecule has 0 spiro atoms. The molecule has 0 saturated carbocycles. The molecule has 164 valence electrons. The fourth-order valence-corrected chi connectivity index (χ4v) is 4.53. The van der Waals surface area contributed by atoms with E-state index in [0.29, 0.717) is 13.1 Å². The molecular weight excluding hydrogens is 398 g/mol. The van der Waals surface area contributed by atoms with Crippen molar-refractivity contribution in [3.8, 4) is 0 Å². The summed E-state index contributed by atoms with van der Waals surface area (Å²) in [6, 6.07) is 23.9. The van der Waals surface area contributed by atoms with Gasteiger partial charge in [0.05, 0.1) is 17.2 Å². The summed E-state index contributed by atoms with van der Waals surface area (Å²) in [6.07, 6.45) is 3.63. The number of pyridine rings is 1. The van der Waals surface area contributed by atoms with Gasteiger partial charge in [0.1, 0.15) is 0 Å². The van der Waals surface area contributed by atoms with Crippen LogP contribution in [0.3, 0.4) is 0 Å². The van der Waals surface area contributed by atoms with Crippen molar-refractivity contribution in [2.45, 2.75) is 44.7 Å². The smallest absolute Gasteiger partial charge is 0.237 e. The van der Waals surface area contributed by atoms with Gasteiger partial charge in [0.2, 0.25) is 11.8 Å². The van der Waals surface area contributed by atoms with Crippen LogP contribution in [0, 0.1) is 0 Å². The summed E-state index contributed by atoms with van der Waals surface area (Å²) in [5, 5.41) is 2.79. The molecule has 1 fully saturated rings. The first-order valence-corrected chi connectivity index (χ1v) is 11.1. The van der Waals surface area contributed by atoms with E-state index in [1.807, 2.05) is 84.6 Å². The van der Waals surface area contributed by atoms with Crippen molar-refractivity contribution in [1.29, 1.82) is 0 Å². The van der Waals surface area contributed by atoms with Gasteiger partial charge < -0.3 is 10.2 Å². The summed E-state index contributed by atoms with van der Waals surface area (Å²) in [4.78, 5) is 32.0. The Bertz CT molecular complexity index is 1030. The van der Waals surface area contributed by atoms with Gasteiger partial charge in [-0.3, -0.25) is 14.6 Å². The van der Waals surface area contributed by atoms with Crippen molar-refractivity contribution in [3.05, 3.63) is 101 Å². The molecule has 0 radical (unpaired) electrons. The first-order chi connectivity index (χ1) is 15.5. The van der Waals surface area contributed by atoms with E-state index in [0.717, 1.165) is 35.2 Å². The predicted molar refractivity (Wildman–Crippen MR) is 125 cm³/mol. The molecule has 4 rings (SSSR count). The van der Waals surface area contributed by atoms with Gasteiger partial charge in [-0.15, -0.1) is 0 Å². The van der Waals surface area contributed by atoms with Crippen LogP contribution < -0.4 is 5.32 Å². The molecule has 1 atom stereocenters. The second-order valence-corrected chi connectivity index (χ2v) is 8.51. The summed E-state index contributed by atoms with van der Waals surface area (Å²) >= 11 is 0. The van der Waals surface area contributed by atoms with Crippen LogP contribution in [0.2, 0.25) is 0 Å². The highest BCUT2D eigenvalue weighted by Crippen LogP contribution is 2.39. The second-order valence-electron chi connectivity index (χ2n) is 8.51. The number of hydrogen-bond donors (Lipinski definition) is 1. The van der Waals surface area contributed by atoms with Crippen molar-refractivity contribution in [2.24, 2.45) is 0 Å². The minimum atomic E-state index is -0.781. The highest BCUT2D eigenvalue weighted by molar-refractivity contribution is 5.92. The Kier molecular flexibility index (Phi) is 6.35. The zero-order valence-corrected chi connectivity index (χ0v) is 18.6. The summed E-state index contributed by atoms with van der Waals surface area (Å²) in [5.74, 6) is 0.0317. The lowest BCUT2D eigenvalue weighted by Crippen LogP contribution is -2.45. The van der Waals surface area contributed by atoms with Crippen LogP contribution in [0.5, 0.6) is 0 Å². The van der Waals surface area contributed by atoms with E-state index >= 15 is 0 Å². The third-order valence-corrected chi connectivity index (χ3v) is 6.37. The van der Waals surface area contributed by atoms with Crippen molar-refractivity contribution >= 4 is 11.8 Å². The van der Waals surface area contributed by atoms with Crippen molar-refractivity contribution in [1.82, 2.24) is 15.2 Å². The molecule has 1 aliphatic heterocycles. The molecule has 2 heterocycles. The Morgan fingerprint density at radius 1 is 1.00 bits per heavy atom. The maximum absolute atomic E-state index is 14.1. The Morgan fingerprint density at radius 2 is 1.62 bits per heavy atom. The fraction of sp³-hybridized carbons (Fsp3) is 0.296. The molecule has 0 unspecified atom stereocenters. The molecule has 3 aromatic rings. The number of carbonyl (C=O) groups is 2. The molecule has 1 N–H and O–H groups in total. The van der Waals surface area contributed by atoms with E-state index in [2.05, 4.69) is 10.3 Å². The molecule has 2 amide bonds. The van der Waals surface area contributed by atoms with Crippen LogP contribution in [-0.4, -0.2) is 28.2 Å². The number of carbonyl (C=O) groups excluding carboxylic acids is 2. The summed E-state index contributed by atoms with van der Waals surface area (Å²) in [6.45, 7) is 4.70. The number of rotatable bonds is 6. The summed E-state index contributed by atoms with van der Waals surface area (Å²) in [7, 11) is 0. The number of likely N-dealkylation sites (tertiary alicyclic amines) is 1. The van der Waals surface area contributed by atoms with Gasteiger partial charge in [0.25, 0.3) is 0 Å². The molecule has 1 aromatic heterocycles. The SMILES string of the molecule is CC(=O)NCc1ccc([C@@H]2CCCN2C(=O)C(C)(c2ccccc2)c2ccccc2)nc1. The Balaban J connectivity index is 1.65. The van der Waals surface area contributed by atoms with E-state index in [-0.39, 0.29) is 17.9 Å². The van der Waals surface area contributed by atoms with E-state index in [1.165, 1.54) is 6.92 Å². The maximum Gasteiger partial charge on any atom is 0.237 e. The van der Waals surface area contributed by atoms with E-state index in [1.54, 1.807) is 6.20 Å². The summed E-state index contributed by atoms with van der Waals surface area (Å²) in [5.41, 5.74) is 3.03. The highest BCUT2D eigenvalue weighted by atomic mass is 16.2. The minimum absolute atomic E-state index is 0.0518. The van der Waals surface area contributed by atoms with Gasteiger partial charge in [-0.05, 0) is 42.5 Å². The van der Waals surface area contributed by atoms with Crippen molar-refractivity contribution < 1.29 is 9.59 Å². The maximum atomic E-state index is 14.1. The fourth-order valence-electron chi connectivity index (χ4n) is 4.53. The zero-order valence-electron chi connectivity index (χ0n) is 18.6. The van der Waals surface area contributed by atoms with Crippen LogP contribution in [-0.2, 0) is 21.5 Å². The van der Waals surface area contributed by atoms with Gasteiger partial charge in [0, 0.05) is 26.2 Å². The molecule has 5 nitrogen and oxygen atoms in total. The molecule has 0 aliphatic carbocycles. The van der Waals surface area contributed by atoms with Gasteiger partial charge >= 0.3 is 0 Å². The molecule has 0 bridgehead atoms. The van der Waals surface area contributed by atoms with Crippen LogP contribution in [0.1, 0.15) is 55.1 Å². The second kappa shape index (κ2) is 9.35. The van der Waals surface area contributed by atoms with Crippen LogP contribution in [0.4, 0.5) is 0 Å². The van der Waals surface area contributed by atoms with Gasteiger partial charge in [-0.25, -0.2) is 0 Å². The monoisotopic (exact) mass is 427 g/mol. The normalized spacial score (nSPS) is 16.1. The highest BCUT2D eigenvalue weighted by Gasteiger charge is 2.43.